The molecular formula is C20H16Cl3N3O2S. The lowest BCUT2D eigenvalue weighted by Crippen LogP contribution is -2.27. The fourth-order valence-electron chi connectivity index (χ4n) is 2.59. The minimum atomic E-state index is -0.554. The van der Waals surface area contributed by atoms with Crippen molar-refractivity contribution in [1.82, 2.24) is 9.55 Å². The quantitative estimate of drug-likeness (QED) is 0.288. The molecule has 3 aromatic rings. The molecule has 0 fully saturated rings. The number of anilines is 1. The third-order valence-electron chi connectivity index (χ3n) is 4.03. The highest BCUT2D eigenvalue weighted by atomic mass is 35.5. The van der Waals surface area contributed by atoms with Gasteiger partial charge in [-0.1, -0.05) is 52.6 Å². The number of nitrogens with one attached hydrogen (secondary N) is 1. The molecule has 150 valence electrons. The third kappa shape index (κ3) is 4.95. The van der Waals surface area contributed by atoms with E-state index in [0.717, 1.165) is 11.8 Å². The van der Waals surface area contributed by atoms with Crippen molar-refractivity contribution in [3.8, 4) is 0 Å². The lowest BCUT2D eigenvalue weighted by atomic mass is 10.2. The van der Waals surface area contributed by atoms with E-state index >= 15 is 0 Å². The first kappa shape index (κ1) is 21.7. The predicted octanol–water partition coefficient (Wildman–Crippen LogP) is 5.66. The number of carbonyl (C=O) groups excluding carboxylic acids is 1. The summed E-state index contributed by atoms with van der Waals surface area (Å²) in [5, 5.41) is 4.35. The highest BCUT2D eigenvalue weighted by Crippen LogP contribution is 2.28. The summed E-state index contributed by atoms with van der Waals surface area (Å²) in [6.45, 7) is 5.68. The highest BCUT2D eigenvalue weighted by molar-refractivity contribution is 8.00. The summed E-state index contributed by atoms with van der Waals surface area (Å²) in [4.78, 5) is 30.0. The Bertz CT molecular complexity index is 1160. The van der Waals surface area contributed by atoms with Crippen molar-refractivity contribution in [3.63, 3.8) is 0 Å². The molecule has 0 aliphatic heterocycles. The molecule has 3 rings (SSSR count). The number of amides is 1. The SMILES string of the molecule is C=CCn1c(SC(C)C(=O)Nc2ccc(Cl)cc2Cl)nc2cc(Cl)ccc2c1=O. The average molecular weight is 469 g/mol. The normalized spacial score (nSPS) is 12.0. The molecule has 1 unspecified atom stereocenters. The van der Waals surface area contributed by atoms with Crippen molar-refractivity contribution in [2.45, 2.75) is 23.9 Å². The number of aromatic nitrogens is 2. The Morgan fingerprint density at radius 3 is 2.62 bits per heavy atom. The number of nitrogens with zero attached hydrogens (tertiary/aromatic N) is 2. The highest BCUT2D eigenvalue weighted by Gasteiger charge is 2.20. The Labute approximate surface area is 186 Å². The monoisotopic (exact) mass is 467 g/mol. The van der Waals surface area contributed by atoms with Crippen LogP contribution in [0.25, 0.3) is 10.9 Å². The van der Waals surface area contributed by atoms with E-state index in [1.165, 1.54) is 4.57 Å². The summed E-state index contributed by atoms with van der Waals surface area (Å²) in [5.74, 6) is -0.287. The average Bonchev–Trinajstić information content (AvgIpc) is 2.66. The molecule has 5 nitrogen and oxygen atoms in total. The summed E-state index contributed by atoms with van der Waals surface area (Å²) in [6, 6.07) is 9.72. The predicted molar refractivity (Wildman–Crippen MR) is 122 cm³/mol. The van der Waals surface area contributed by atoms with E-state index in [4.69, 9.17) is 34.8 Å². The number of allylic oxidation sites excluding steroid dienone is 1. The molecule has 29 heavy (non-hydrogen) atoms. The van der Waals surface area contributed by atoms with E-state index in [1.807, 2.05) is 0 Å². The van der Waals surface area contributed by atoms with Crippen molar-refractivity contribution in [3.05, 3.63) is 74.5 Å². The van der Waals surface area contributed by atoms with Crippen LogP contribution in [-0.2, 0) is 11.3 Å². The van der Waals surface area contributed by atoms with Gasteiger partial charge in [-0.15, -0.1) is 6.58 Å². The van der Waals surface area contributed by atoms with Gasteiger partial charge >= 0.3 is 0 Å². The van der Waals surface area contributed by atoms with Gasteiger partial charge in [-0.2, -0.15) is 0 Å². The standard InChI is InChI=1S/C20H16Cl3N3O2S/c1-3-8-26-19(28)14-6-4-13(22)10-17(14)25-20(26)29-11(2)18(27)24-16-7-5-12(21)9-15(16)23/h3-7,9-11H,1,8H2,2H3,(H,24,27). The zero-order chi connectivity index (χ0) is 21.1. The zero-order valence-corrected chi connectivity index (χ0v) is 18.4. The first-order valence-corrected chi connectivity index (χ1v) is 10.5. The topological polar surface area (TPSA) is 64.0 Å². The Kier molecular flexibility index (Phi) is 6.90. The second-order valence-electron chi connectivity index (χ2n) is 6.13. The molecule has 0 bridgehead atoms. The van der Waals surface area contributed by atoms with Crippen LogP contribution in [0.5, 0.6) is 0 Å². The minimum absolute atomic E-state index is 0.220. The second kappa shape index (κ2) is 9.22. The van der Waals surface area contributed by atoms with Crippen LogP contribution in [0.15, 0.2) is 59.0 Å². The number of carbonyl (C=O) groups is 1. The van der Waals surface area contributed by atoms with Crippen molar-refractivity contribution < 1.29 is 4.79 Å². The maximum Gasteiger partial charge on any atom is 0.262 e. The van der Waals surface area contributed by atoms with Crippen LogP contribution in [-0.4, -0.2) is 20.7 Å². The summed E-state index contributed by atoms with van der Waals surface area (Å²) < 4.78 is 1.48. The van der Waals surface area contributed by atoms with Gasteiger partial charge < -0.3 is 5.32 Å². The van der Waals surface area contributed by atoms with Crippen LogP contribution in [0, 0.1) is 0 Å². The molecule has 1 aromatic heterocycles. The molecule has 2 aromatic carbocycles. The van der Waals surface area contributed by atoms with Gasteiger partial charge in [0.1, 0.15) is 0 Å². The second-order valence-corrected chi connectivity index (χ2v) is 8.72. The number of hydrogen-bond acceptors (Lipinski definition) is 4. The molecule has 0 spiro atoms. The Balaban J connectivity index is 1.91. The Morgan fingerprint density at radius 2 is 1.93 bits per heavy atom. The fourth-order valence-corrected chi connectivity index (χ4v) is 4.13. The summed E-state index contributed by atoms with van der Waals surface area (Å²) in [5.41, 5.74) is 0.705. The van der Waals surface area contributed by atoms with Crippen molar-refractivity contribution >= 4 is 69.1 Å². The molecular weight excluding hydrogens is 453 g/mol. The van der Waals surface area contributed by atoms with Gasteiger partial charge in [0.25, 0.3) is 5.56 Å². The van der Waals surface area contributed by atoms with Gasteiger partial charge in [0.05, 0.1) is 26.9 Å². The zero-order valence-electron chi connectivity index (χ0n) is 15.3. The summed E-state index contributed by atoms with van der Waals surface area (Å²) >= 11 is 19.2. The number of halogens is 3. The van der Waals surface area contributed by atoms with Crippen LogP contribution < -0.4 is 10.9 Å². The molecule has 9 heteroatoms. The Morgan fingerprint density at radius 1 is 1.24 bits per heavy atom. The molecule has 0 radical (unpaired) electrons. The van der Waals surface area contributed by atoms with Gasteiger partial charge in [0.2, 0.25) is 5.91 Å². The molecule has 0 aliphatic carbocycles. The third-order valence-corrected chi connectivity index (χ3v) is 5.91. The molecule has 1 atom stereocenters. The van der Waals surface area contributed by atoms with Gasteiger partial charge in [-0.3, -0.25) is 14.2 Å². The lowest BCUT2D eigenvalue weighted by Gasteiger charge is -2.16. The lowest BCUT2D eigenvalue weighted by molar-refractivity contribution is -0.115. The molecule has 1 N–H and O–H groups in total. The van der Waals surface area contributed by atoms with E-state index in [1.54, 1.807) is 49.4 Å². The van der Waals surface area contributed by atoms with E-state index in [2.05, 4.69) is 16.9 Å². The van der Waals surface area contributed by atoms with Crippen LogP contribution in [0.4, 0.5) is 5.69 Å². The van der Waals surface area contributed by atoms with Crippen LogP contribution in [0.3, 0.4) is 0 Å². The minimum Gasteiger partial charge on any atom is -0.324 e. The summed E-state index contributed by atoms with van der Waals surface area (Å²) in [7, 11) is 0. The van der Waals surface area contributed by atoms with Crippen molar-refractivity contribution in [2.24, 2.45) is 0 Å². The Hall–Kier alpha value is -1.99. The van der Waals surface area contributed by atoms with Gasteiger partial charge in [0, 0.05) is 16.6 Å². The fraction of sp³-hybridized carbons (Fsp3) is 0.150. The summed E-state index contributed by atoms with van der Waals surface area (Å²) in [6.07, 6.45) is 1.60. The maximum atomic E-state index is 12.9. The van der Waals surface area contributed by atoms with E-state index in [-0.39, 0.29) is 18.0 Å². The maximum absolute atomic E-state index is 12.9. The first-order chi connectivity index (χ1) is 13.8. The van der Waals surface area contributed by atoms with Crippen molar-refractivity contribution in [2.75, 3.05) is 5.32 Å². The number of rotatable bonds is 6. The number of hydrogen-bond donors (Lipinski definition) is 1. The largest absolute Gasteiger partial charge is 0.324 e. The molecule has 1 heterocycles. The van der Waals surface area contributed by atoms with E-state index in [9.17, 15) is 9.59 Å². The van der Waals surface area contributed by atoms with Gasteiger partial charge in [-0.05, 0) is 43.3 Å². The molecule has 0 saturated carbocycles. The van der Waals surface area contributed by atoms with Crippen LogP contribution in [0.1, 0.15) is 6.92 Å². The van der Waals surface area contributed by atoms with E-state index in [0.29, 0.717) is 36.8 Å². The molecule has 1 amide bonds. The number of fused-ring (bicyclic) bond motifs is 1. The van der Waals surface area contributed by atoms with Gasteiger partial charge in [0.15, 0.2) is 5.16 Å². The van der Waals surface area contributed by atoms with Crippen LogP contribution >= 0.6 is 46.6 Å². The smallest absolute Gasteiger partial charge is 0.262 e. The number of benzene rings is 2. The van der Waals surface area contributed by atoms with Crippen LogP contribution in [0.2, 0.25) is 15.1 Å². The first-order valence-electron chi connectivity index (χ1n) is 8.53. The van der Waals surface area contributed by atoms with Gasteiger partial charge in [-0.25, -0.2) is 4.98 Å². The molecule has 0 aliphatic rings. The van der Waals surface area contributed by atoms with E-state index < -0.39 is 5.25 Å². The van der Waals surface area contributed by atoms with Crippen molar-refractivity contribution in [1.29, 1.82) is 0 Å². The number of thioether (sulfide) groups is 1. The molecule has 0 saturated heterocycles.